The molecule has 0 spiro atoms. The molecular formula is C20H15ClN4O. The van der Waals surface area contributed by atoms with E-state index in [0.717, 1.165) is 5.56 Å². The predicted molar refractivity (Wildman–Crippen MR) is 101 cm³/mol. The lowest BCUT2D eigenvalue weighted by Crippen LogP contribution is -2.23. The largest absolute Gasteiger partial charge is 0.348 e. The number of aromatic nitrogens is 1. The van der Waals surface area contributed by atoms with Crippen molar-refractivity contribution in [3.63, 3.8) is 0 Å². The Kier molecular flexibility index (Phi) is 5.47. The zero-order chi connectivity index (χ0) is 18.4. The zero-order valence-corrected chi connectivity index (χ0v) is 14.5. The van der Waals surface area contributed by atoms with Crippen LogP contribution in [0.4, 0.5) is 11.5 Å². The van der Waals surface area contributed by atoms with Gasteiger partial charge in [-0.3, -0.25) is 4.79 Å². The fraction of sp³-hybridized carbons (Fsp3) is 0.0500. The number of pyridine rings is 1. The maximum absolute atomic E-state index is 12.2. The first-order valence-corrected chi connectivity index (χ1v) is 8.29. The zero-order valence-electron chi connectivity index (χ0n) is 13.7. The number of carbonyl (C=O) groups is 1. The van der Waals surface area contributed by atoms with Gasteiger partial charge in [0, 0.05) is 17.8 Å². The third-order valence-electron chi connectivity index (χ3n) is 3.73. The molecule has 3 aromatic rings. The summed E-state index contributed by atoms with van der Waals surface area (Å²) in [6.45, 7) is 0.341. The molecule has 5 nitrogen and oxygen atoms in total. The van der Waals surface area contributed by atoms with Crippen molar-refractivity contribution in [3.8, 4) is 6.07 Å². The number of halogens is 1. The molecular weight excluding hydrogens is 348 g/mol. The van der Waals surface area contributed by atoms with Crippen LogP contribution in [0.2, 0.25) is 5.02 Å². The summed E-state index contributed by atoms with van der Waals surface area (Å²) in [6, 6.07) is 20.0. The van der Waals surface area contributed by atoms with Gasteiger partial charge in [-0.15, -0.1) is 0 Å². The molecule has 1 aromatic heterocycles. The van der Waals surface area contributed by atoms with Gasteiger partial charge in [-0.2, -0.15) is 5.26 Å². The molecule has 0 aliphatic heterocycles. The lowest BCUT2D eigenvalue weighted by molar-refractivity contribution is 0.0950. The van der Waals surface area contributed by atoms with Gasteiger partial charge in [-0.1, -0.05) is 41.9 Å². The number of hydrogen-bond donors (Lipinski definition) is 2. The van der Waals surface area contributed by atoms with Crippen molar-refractivity contribution in [2.24, 2.45) is 0 Å². The summed E-state index contributed by atoms with van der Waals surface area (Å²) < 4.78 is 0. The Bertz CT molecular complexity index is 964. The quantitative estimate of drug-likeness (QED) is 0.710. The Hall–Kier alpha value is -3.36. The fourth-order valence-corrected chi connectivity index (χ4v) is 2.55. The van der Waals surface area contributed by atoms with E-state index in [1.807, 2.05) is 24.3 Å². The van der Waals surface area contributed by atoms with E-state index < -0.39 is 0 Å². The first kappa shape index (κ1) is 17.5. The van der Waals surface area contributed by atoms with E-state index in [1.54, 1.807) is 36.4 Å². The molecule has 1 amide bonds. The standard InChI is InChI=1S/C20H15ClN4O/c21-17-7-3-1-6-15(17)12-24-20(26)16-9-10-19(23-13-16)25-18-8-4-2-5-14(18)11-22/h1-10,13H,12H2,(H,23,25)(H,24,26). The third-order valence-corrected chi connectivity index (χ3v) is 4.10. The number of amides is 1. The number of nitriles is 1. The first-order chi connectivity index (χ1) is 12.7. The Morgan fingerprint density at radius 3 is 2.58 bits per heavy atom. The molecule has 0 saturated heterocycles. The normalized spacial score (nSPS) is 10.0. The van der Waals surface area contributed by atoms with Crippen LogP contribution in [0.5, 0.6) is 0 Å². The number of para-hydroxylation sites is 1. The van der Waals surface area contributed by atoms with Crippen LogP contribution in [-0.4, -0.2) is 10.9 Å². The van der Waals surface area contributed by atoms with Crippen molar-refractivity contribution in [1.29, 1.82) is 5.26 Å². The van der Waals surface area contributed by atoms with E-state index in [4.69, 9.17) is 16.9 Å². The average molecular weight is 363 g/mol. The van der Waals surface area contributed by atoms with Crippen LogP contribution in [0.1, 0.15) is 21.5 Å². The van der Waals surface area contributed by atoms with Gasteiger partial charge in [0.25, 0.3) is 5.91 Å². The van der Waals surface area contributed by atoms with Crippen molar-refractivity contribution in [2.75, 3.05) is 5.32 Å². The molecule has 1 heterocycles. The minimum absolute atomic E-state index is 0.235. The van der Waals surface area contributed by atoms with Crippen LogP contribution < -0.4 is 10.6 Å². The molecule has 0 unspecified atom stereocenters. The molecule has 0 bridgehead atoms. The second kappa shape index (κ2) is 8.15. The Morgan fingerprint density at radius 2 is 1.85 bits per heavy atom. The van der Waals surface area contributed by atoms with Gasteiger partial charge in [0.05, 0.1) is 16.8 Å². The maximum Gasteiger partial charge on any atom is 0.253 e. The van der Waals surface area contributed by atoms with Crippen LogP contribution >= 0.6 is 11.6 Å². The van der Waals surface area contributed by atoms with Gasteiger partial charge in [-0.25, -0.2) is 4.98 Å². The molecule has 0 atom stereocenters. The van der Waals surface area contributed by atoms with Gasteiger partial charge in [0.1, 0.15) is 11.9 Å². The minimum atomic E-state index is -0.235. The van der Waals surface area contributed by atoms with Gasteiger partial charge >= 0.3 is 0 Å². The van der Waals surface area contributed by atoms with Gasteiger partial charge in [0.15, 0.2) is 0 Å². The maximum atomic E-state index is 12.2. The number of hydrogen-bond acceptors (Lipinski definition) is 4. The molecule has 6 heteroatoms. The first-order valence-electron chi connectivity index (χ1n) is 7.91. The summed E-state index contributed by atoms with van der Waals surface area (Å²) >= 11 is 6.08. The molecule has 0 aliphatic rings. The van der Waals surface area contributed by atoms with Crippen molar-refractivity contribution in [3.05, 3.63) is 88.6 Å². The molecule has 3 rings (SSSR count). The highest BCUT2D eigenvalue weighted by atomic mass is 35.5. The summed E-state index contributed by atoms with van der Waals surface area (Å²) in [5, 5.41) is 15.6. The highest BCUT2D eigenvalue weighted by molar-refractivity contribution is 6.31. The lowest BCUT2D eigenvalue weighted by atomic mass is 10.2. The van der Waals surface area contributed by atoms with Gasteiger partial charge in [-0.05, 0) is 35.9 Å². The molecule has 0 radical (unpaired) electrons. The Labute approximate surface area is 156 Å². The van der Waals surface area contributed by atoms with Gasteiger partial charge in [0.2, 0.25) is 0 Å². The summed E-state index contributed by atoms with van der Waals surface area (Å²) in [4.78, 5) is 16.5. The average Bonchev–Trinajstić information content (AvgIpc) is 2.68. The number of nitrogens with one attached hydrogen (secondary N) is 2. The molecule has 128 valence electrons. The summed E-state index contributed by atoms with van der Waals surface area (Å²) in [7, 11) is 0. The third kappa shape index (κ3) is 4.18. The van der Waals surface area contributed by atoms with Crippen molar-refractivity contribution in [2.45, 2.75) is 6.54 Å². The van der Waals surface area contributed by atoms with Crippen LogP contribution in [0.25, 0.3) is 0 Å². The predicted octanol–water partition coefficient (Wildman–Crippen LogP) is 4.28. The monoisotopic (exact) mass is 362 g/mol. The van der Waals surface area contributed by atoms with Crippen LogP contribution in [0.15, 0.2) is 66.9 Å². The fourth-order valence-electron chi connectivity index (χ4n) is 2.35. The topological polar surface area (TPSA) is 77.8 Å². The van der Waals surface area contributed by atoms with Crippen LogP contribution in [0, 0.1) is 11.3 Å². The minimum Gasteiger partial charge on any atom is -0.348 e. The van der Waals surface area contributed by atoms with E-state index in [2.05, 4.69) is 21.7 Å². The number of benzene rings is 2. The number of nitrogens with zero attached hydrogens (tertiary/aromatic N) is 2. The van der Waals surface area contributed by atoms with Crippen molar-refractivity contribution in [1.82, 2.24) is 10.3 Å². The lowest BCUT2D eigenvalue weighted by Gasteiger charge is -2.09. The summed E-state index contributed by atoms with van der Waals surface area (Å²) in [5.41, 5.74) is 2.48. The summed E-state index contributed by atoms with van der Waals surface area (Å²) in [5.74, 6) is 0.316. The SMILES string of the molecule is N#Cc1ccccc1Nc1ccc(C(=O)NCc2ccccc2Cl)cn1. The van der Waals surface area contributed by atoms with Gasteiger partial charge < -0.3 is 10.6 Å². The van der Waals surface area contributed by atoms with Crippen molar-refractivity contribution >= 4 is 29.0 Å². The Balaban J connectivity index is 1.65. The van der Waals surface area contributed by atoms with E-state index in [9.17, 15) is 4.79 Å². The van der Waals surface area contributed by atoms with Crippen LogP contribution in [-0.2, 0) is 6.54 Å². The molecule has 2 N–H and O–H groups in total. The summed E-state index contributed by atoms with van der Waals surface area (Å²) in [6.07, 6.45) is 1.49. The second-order valence-electron chi connectivity index (χ2n) is 5.49. The molecule has 0 aliphatic carbocycles. The van der Waals surface area contributed by atoms with E-state index in [1.165, 1.54) is 6.20 Å². The van der Waals surface area contributed by atoms with Crippen molar-refractivity contribution < 1.29 is 4.79 Å². The highest BCUT2D eigenvalue weighted by Crippen LogP contribution is 2.19. The molecule has 0 saturated carbocycles. The number of rotatable bonds is 5. The molecule has 26 heavy (non-hydrogen) atoms. The van der Waals surface area contributed by atoms with Crippen LogP contribution in [0.3, 0.4) is 0 Å². The molecule has 0 fully saturated rings. The van der Waals surface area contributed by atoms with E-state index >= 15 is 0 Å². The van der Waals surface area contributed by atoms with E-state index in [0.29, 0.717) is 34.2 Å². The second-order valence-corrected chi connectivity index (χ2v) is 5.90. The van der Waals surface area contributed by atoms with E-state index in [-0.39, 0.29) is 5.91 Å². The highest BCUT2D eigenvalue weighted by Gasteiger charge is 2.08. The number of anilines is 2. The molecule has 2 aromatic carbocycles. The smallest absolute Gasteiger partial charge is 0.253 e. The Morgan fingerprint density at radius 1 is 1.08 bits per heavy atom. The number of carbonyl (C=O) groups excluding carboxylic acids is 1.